The molecule has 0 spiro atoms. The van der Waals surface area contributed by atoms with Crippen LogP contribution in [0.15, 0.2) is 60.7 Å². The van der Waals surface area contributed by atoms with Gasteiger partial charge in [0.1, 0.15) is 0 Å². The number of esters is 1. The first-order valence-corrected chi connectivity index (χ1v) is 11.6. The maximum absolute atomic E-state index is 12.7. The molecule has 3 aromatic rings. The fourth-order valence-electron chi connectivity index (χ4n) is 3.81. The van der Waals surface area contributed by atoms with Crippen molar-refractivity contribution in [3.8, 4) is 11.5 Å². The number of hydrogen-bond acceptors (Lipinski definition) is 7. The van der Waals surface area contributed by atoms with Gasteiger partial charge in [0.25, 0.3) is 11.8 Å². The number of nitrogens with zero attached hydrogens (tertiary/aromatic N) is 1. The van der Waals surface area contributed by atoms with Gasteiger partial charge in [-0.25, -0.2) is 4.79 Å². The van der Waals surface area contributed by atoms with E-state index in [1.807, 2.05) is 36.4 Å². The topological polar surface area (TPSA) is 103 Å². The van der Waals surface area contributed by atoms with Crippen LogP contribution in [0.2, 0.25) is 0 Å². The van der Waals surface area contributed by atoms with E-state index in [1.54, 1.807) is 11.0 Å². The fourth-order valence-corrected chi connectivity index (χ4v) is 3.81. The van der Waals surface area contributed by atoms with Crippen LogP contribution in [-0.2, 0) is 19.1 Å². The molecule has 1 aliphatic rings. The lowest BCUT2D eigenvalue weighted by atomic mass is 10.1. The van der Waals surface area contributed by atoms with Crippen LogP contribution in [-0.4, -0.2) is 68.8 Å². The number of amides is 2. The Hall–Kier alpha value is -4.11. The average molecular weight is 493 g/mol. The molecule has 0 saturated carbocycles. The van der Waals surface area contributed by atoms with Gasteiger partial charge in [-0.1, -0.05) is 36.4 Å². The SMILES string of the molecule is COc1cc(C(=O)OC(C)C(=O)Nc2cccc3ccccc23)ccc1OCC(=O)N1CCOCC1. The molecule has 2 amide bonds. The van der Waals surface area contributed by atoms with E-state index in [0.717, 1.165) is 10.8 Å². The summed E-state index contributed by atoms with van der Waals surface area (Å²) >= 11 is 0. The number of fused-ring (bicyclic) bond motifs is 1. The number of nitrogens with one attached hydrogen (secondary N) is 1. The lowest BCUT2D eigenvalue weighted by Crippen LogP contribution is -2.43. The van der Waals surface area contributed by atoms with Crippen LogP contribution < -0.4 is 14.8 Å². The fraction of sp³-hybridized carbons (Fsp3) is 0.296. The standard InChI is InChI=1S/C27H28N2O7/c1-18(26(31)28-22-9-5-7-19-6-3-4-8-21(19)22)36-27(32)20-10-11-23(24(16-20)33-2)35-17-25(30)29-12-14-34-15-13-29/h3-11,16,18H,12-15,17H2,1-2H3,(H,28,31). The number of carbonyl (C=O) groups is 3. The summed E-state index contributed by atoms with van der Waals surface area (Å²) in [5, 5.41) is 4.70. The Morgan fingerprint density at radius 1 is 1.00 bits per heavy atom. The van der Waals surface area contributed by atoms with Gasteiger partial charge in [0, 0.05) is 24.2 Å². The van der Waals surface area contributed by atoms with E-state index >= 15 is 0 Å². The molecular weight excluding hydrogens is 464 g/mol. The van der Waals surface area contributed by atoms with Gasteiger partial charge < -0.3 is 29.2 Å². The quantitative estimate of drug-likeness (QED) is 0.482. The van der Waals surface area contributed by atoms with Crippen molar-refractivity contribution in [2.45, 2.75) is 13.0 Å². The number of rotatable bonds is 8. The van der Waals surface area contributed by atoms with Crippen LogP contribution in [0.25, 0.3) is 10.8 Å². The average Bonchev–Trinajstić information content (AvgIpc) is 2.92. The predicted molar refractivity (Wildman–Crippen MR) is 133 cm³/mol. The third-order valence-corrected chi connectivity index (χ3v) is 5.81. The number of methoxy groups -OCH3 is 1. The van der Waals surface area contributed by atoms with E-state index in [1.165, 1.54) is 32.2 Å². The molecule has 0 bridgehead atoms. The summed E-state index contributed by atoms with van der Waals surface area (Å²) in [5.41, 5.74) is 0.819. The number of benzene rings is 3. The molecule has 4 rings (SSSR count). The molecule has 1 heterocycles. The molecule has 3 aromatic carbocycles. The van der Waals surface area contributed by atoms with Crippen LogP contribution in [0.1, 0.15) is 17.3 Å². The molecule has 9 heteroatoms. The predicted octanol–water partition coefficient (Wildman–Crippen LogP) is 3.27. The van der Waals surface area contributed by atoms with Gasteiger partial charge in [-0.05, 0) is 36.6 Å². The van der Waals surface area contributed by atoms with Crippen molar-refractivity contribution in [1.82, 2.24) is 4.90 Å². The molecule has 1 unspecified atom stereocenters. The minimum atomic E-state index is -1.04. The van der Waals surface area contributed by atoms with Crippen molar-refractivity contribution < 1.29 is 33.3 Å². The third kappa shape index (κ3) is 5.92. The van der Waals surface area contributed by atoms with Gasteiger partial charge in [0.2, 0.25) is 0 Å². The van der Waals surface area contributed by atoms with E-state index < -0.39 is 18.0 Å². The molecule has 0 aromatic heterocycles. The maximum Gasteiger partial charge on any atom is 0.339 e. The van der Waals surface area contributed by atoms with Crippen molar-refractivity contribution in [2.24, 2.45) is 0 Å². The minimum Gasteiger partial charge on any atom is -0.493 e. The van der Waals surface area contributed by atoms with Crippen molar-refractivity contribution in [3.05, 3.63) is 66.2 Å². The molecule has 1 atom stereocenters. The van der Waals surface area contributed by atoms with Gasteiger partial charge in [-0.2, -0.15) is 0 Å². The zero-order valence-corrected chi connectivity index (χ0v) is 20.2. The van der Waals surface area contributed by atoms with E-state index in [2.05, 4.69) is 5.32 Å². The summed E-state index contributed by atoms with van der Waals surface area (Å²) in [6.07, 6.45) is -1.04. The Kier molecular flexibility index (Phi) is 8.02. The van der Waals surface area contributed by atoms with Crippen LogP contribution in [0.4, 0.5) is 5.69 Å². The molecule has 9 nitrogen and oxygen atoms in total. The summed E-state index contributed by atoms with van der Waals surface area (Å²) in [6, 6.07) is 17.7. The normalized spacial score (nSPS) is 14.1. The van der Waals surface area contributed by atoms with Crippen molar-refractivity contribution in [2.75, 3.05) is 45.3 Å². The monoisotopic (exact) mass is 492 g/mol. The molecule has 1 saturated heterocycles. The number of morpholine rings is 1. The molecule has 0 radical (unpaired) electrons. The Bertz CT molecular complexity index is 1250. The zero-order valence-electron chi connectivity index (χ0n) is 20.2. The molecule has 188 valence electrons. The smallest absolute Gasteiger partial charge is 0.339 e. The van der Waals surface area contributed by atoms with E-state index in [-0.39, 0.29) is 23.8 Å². The number of anilines is 1. The Labute approximate surface area is 208 Å². The first-order chi connectivity index (χ1) is 17.5. The summed E-state index contributed by atoms with van der Waals surface area (Å²) in [6.45, 7) is 3.40. The Balaban J connectivity index is 1.36. The third-order valence-electron chi connectivity index (χ3n) is 5.81. The van der Waals surface area contributed by atoms with Gasteiger partial charge in [0.15, 0.2) is 24.2 Å². The highest BCUT2D eigenvalue weighted by atomic mass is 16.5. The van der Waals surface area contributed by atoms with Gasteiger partial charge in [-0.3, -0.25) is 9.59 Å². The molecule has 36 heavy (non-hydrogen) atoms. The van der Waals surface area contributed by atoms with Crippen LogP contribution in [0.3, 0.4) is 0 Å². The molecule has 0 aliphatic carbocycles. The molecule has 1 aliphatic heterocycles. The Morgan fingerprint density at radius 3 is 2.53 bits per heavy atom. The van der Waals surface area contributed by atoms with Crippen molar-refractivity contribution >= 4 is 34.2 Å². The van der Waals surface area contributed by atoms with Gasteiger partial charge in [0.05, 0.1) is 25.9 Å². The van der Waals surface area contributed by atoms with E-state index in [9.17, 15) is 14.4 Å². The van der Waals surface area contributed by atoms with E-state index in [4.69, 9.17) is 18.9 Å². The van der Waals surface area contributed by atoms with Crippen LogP contribution in [0, 0.1) is 0 Å². The lowest BCUT2D eigenvalue weighted by Gasteiger charge is -2.26. The summed E-state index contributed by atoms with van der Waals surface area (Å²) in [7, 11) is 1.43. The zero-order chi connectivity index (χ0) is 25.5. The second-order valence-corrected chi connectivity index (χ2v) is 8.21. The first kappa shape index (κ1) is 25.0. The maximum atomic E-state index is 12.7. The van der Waals surface area contributed by atoms with Crippen LogP contribution in [0.5, 0.6) is 11.5 Å². The lowest BCUT2D eigenvalue weighted by molar-refractivity contribution is -0.137. The number of hydrogen-bond donors (Lipinski definition) is 1. The summed E-state index contributed by atoms with van der Waals surface area (Å²) in [5.74, 6) is -0.711. The molecule has 1 N–H and O–H groups in total. The highest BCUT2D eigenvalue weighted by molar-refractivity contribution is 6.04. The highest BCUT2D eigenvalue weighted by Crippen LogP contribution is 2.29. The first-order valence-electron chi connectivity index (χ1n) is 11.6. The van der Waals surface area contributed by atoms with Crippen molar-refractivity contribution in [1.29, 1.82) is 0 Å². The molecule has 1 fully saturated rings. The van der Waals surface area contributed by atoms with E-state index in [0.29, 0.717) is 37.7 Å². The summed E-state index contributed by atoms with van der Waals surface area (Å²) < 4.78 is 21.6. The second kappa shape index (κ2) is 11.5. The number of ether oxygens (including phenoxy) is 4. The van der Waals surface area contributed by atoms with Gasteiger partial charge in [-0.15, -0.1) is 0 Å². The van der Waals surface area contributed by atoms with Crippen molar-refractivity contribution in [3.63, 3.8) is 0 Å². The highest BCUT2D eigenvalue weighted by Gasteiger charge is 2.22. The largest absolute Gasteiger partial charge is 0.493 e. The second-order valence-electron chi connectivity index (χ2n) is 8.21. The minimum absolute atomic E-state index is 0.158. The molecular formula is C27H28N2O7. The van der Waals surface area contributed by atoms with Crippen LogP contribution >= 0.6 is 0 Å². The Morgan fingerprint density at radius 2 is 1.75 bits per heavy atom. The van der Waals surface area contributed by atoms with Gasteiger partial charge >= 0.3 is 5.97 Å². The number of carbonyl (C=O) groups excluding carboxylic acids is 3. The summed E-state index contributed by atoms with van der Waals surface area (Å²) in [4.78, 5) is 39.4.